The fraction of sp³-hybridized carbons (Fsp3) is 0.375. The number of nitrogens with one attached hydrogen (secondary N) is 1. The van der Waals surface area contributed by atoms with Crippen LogP contribution in [0.5, 0.6) is 5.75 Å². The molecule has 2 aromatic heterocycles. The van der Waals surface area contributed by atoms with Crippen molar-refractivity contribution in [2.45, 2.75) is 31.3 Å². The molecular formula is C24H26FN5O2S. The van der Waals surface area contributed by atoms with Crippen LogP contribution >= 0.6 is 11.7 Å². The van der Waals surface area contributed by atoms with E-state index in [1.54, 1.807) is 13.3 Å². The van der Waals surface area contributed by atoms with Crippen LogP contribution in [0, 0.1) is 0 Å². The van der Waals surface area contributed by atoms with Crippen molar-refractivity contribution in [3.8, 4) is 5.75 Å². The molecular weight excluding hydrogens is 441 g/mol. The van der Waals surface area contributed by atoms with Crippen LogP contribution in [-0.2, 0) is 6.54 Å². The number of hydrogen-bond acceptors (Lipinski definition) is 8. The Kier molecular flexibility index (Phi) is 6.45. The second kappa shape index (κ2) is 9.64. The van der Waals surface area contributed by atoms with E-state index >= 15 is 0 Å². The third kappa shape index (κ3) is 4.81. The van der Waals surface area contributed by atoms with Gasteiger partial charge in [-0.1, -0.05) is 18.2 Å². The van der Waals surface area contributed by atoms with Gasteiger partial charge in [0.15, 0.2) is 0 Å². The molecule has 0 aliphatic carbocycles. The lowest BCUT2D eigenvalue weighted by Crippen LogP contribution is -2.51. The van der Waals surface area contributed by atoms with Crippen LogP contribution in [0.2, 0.25) is 0 Å². The molecule has 1 aliphatic rings. The van der Waals surface area contributed by atoms with Crippen molar-refractivity contribution in [3.63, 3.8) is 0 Å². The van der Waals surface area contributed by atoms with Gasteiger partial charge in [0.05, 0.1) is 36.7 Å². The van der Waals surface area contributed by atoms with Gasteiger partial charge < -0.3 is 15.2 Å². The minimum Gasteiger partial charge on any atom is -0.495 e. The maximum atomic E-state index is 15.0. The standard InChI is InChI=1S/C24H26FN5O2S/c1-32-16-10-18-17(3-2-4-20(18)27-12-16)24(31)14-30-8-7-21(19(25)13-30)26-11-15-5-6-22-23(9-15)29-33-28-22/h2-6,9-10,12,19,21,24,26,31H,7-8,11,13-14H2,1H3. The van der Waals surface area contributed by atoms with E-state index in [4.69, 9.17) is 4.74 Å². The van der Waals surface area contributed by atoms with Gasteiger partial charge in [0.25, 0.3) is 0 Å². The number of ether oxygens (including phenoxy) is 1. The van der Waals surface area contributed by atoms with E-state index in [2.05, 4.69) is 19.0 Å². The van der Waals surface area contributed by atoms with Gasteiger partial charge >= 0.3 is 0 Å². The lowest BCUT2D eigenvalue weighted by Gasteiger charge is -2.36. The number of pyridine rings is 1. The number of hydrogen-bond donors (Lipinski definition) is 2. The zero-order valence-corrected chi connectivity index (χ0v) is 19.1. The molecule has 0 bridgehead atoms. The van der Waals surface area contributed by atoms with Crippen LogP contribution < -0.4 is 10.1 Å². The van der Waals surface area contributed by atoms with E-state index in [-0.39, 0.29) is 12.6 Å². The van der Waals surface area contributed by atoms with Crippen LogP contribution in [-0.4, -0.2) is 62.7 Å². The monoisotopic (exact) mass is 467 g/mol. The van der Waals surface area contributed by atoms with Crippen LogP contribution in [0.4, 0.5) is 4.39 Å². The molecule has 33 heavy (non-hydrogen) atoms. The van der Waals surface area contributed by atoms with E-state index in [0.29, 0.717) is 25.3 Å². The number of aliphatic hydroxyl groups excluding tert-OH is 1. The van der Waals surface area contributed by atoms with Crippen molar-refractivity contribution in [1.29, 1.82) is 0 Å². The largest absolute Gasteiger partial charge is 0.495 e. The van der Waals surface area contributed by atoms with Gasteiger partial charge in [-0.2, -0.15) is 8.75 Å². The normalized spacial score (nSPS) is 20.3. The Hall–Kier alpha value is -2.72. The van der Waals surface area contributed by atoms with Crippen molar-refractivity contribution in [3.05, 3.63) is 59.8 Å². The molecule has 4 aromatic rings. The van der Waals surface area contributed by atoms with E-state index in [9.17, 15) is 9.50 Å². The third-order valence-corrected chi connectivity index (χ3v) is 6.83. The summed E-state index contributed by atoms with van der Waals surface area (Å²) in [6, 6.07) is 13.3. The summed E-state index contributed by atoms with van der Waals surface area (Å²) in [5.74, 6) is 0.642. The summed E-state index contributed by atoms with van der Waals surface area (Å²) >= 11 is 1.20. The molecule has 9 heteroatoms. The molecule has 7 nitrogen and oxygen atoms in total. The van der Waals surface area contributed by atoms with Crippen molar-refractivity contribution < 1.29 is 14.2 Å². The fourth-order valence-electron chi connectivity index (χ4n) is 4.45. The molecule has 3 unspecified atom stereocenters. The van der Waals surface area contributed by atoms with Crippen molar-refractivity contribution in [1.82, 2.24) is 23.9 Å². The summed E-state index contributed by atoms with van der Waals surface area (Å²) in [6.07, 6.45) is 0.595. The molecule has 0 spiro atoms. The van der Waals surface area contributed by atoms with Gasteiger partial charge in [-0.25, -0.2) is 4.39 Å². The number of likely N-dealkylation sites (tertiary alicyclic amines) is 1. The first kappa shape index (κ1) is 22.1. The first-order valence-electron chi connectivity index (χ1n) is 11.0. The maximum absolute atomic E-state index is 15.0. The molecule has 0 radical (unpaired) electrons. The minimum atomic E-state index is -1.01. The molecule has 172 valence electrons. The zero-order valence-electron chi connectivity index (χ0n) is 18.3. The van der Waals surface area contributed by atoms with Gasteiger partial charge in [0.2, 0.25) is 0 Å². The highest BCUT2D eigenvalue weighted by molar-refractivity contribution is 7.00. The van der Waals surface area contributed by atoms with Crippen LogP contribution in [0.25, 0.3) is 21.9 Å². The Bertz CT molecular complexity index is 1250. The summed E-state index contributed by atoms with van der Waals surface area (Å²) in [5, 5.41) is 15.2. The second-order valence-electron chi connectivity index (χ2n) is 8.44. The lowest BCUT2D eigenvalue weighted by atomic mass is 9.99. The van der Waals surface area contributed by atoms with Crippen molar-refractivity contribution in [2.24, 2.45) is 0 Å². The topological polar surface area (TPSA) is 83.4 Å². The van der Waals surface area contributed by atoms with E-state index in [0.717, 1.165) is 39.6 Å². The fourth-order valence-corrected chi connectivity index (χ4v) is 4.97. The molecule has 0 amide bonds. The maximum Gasteiger partial charge on any atom is 0.137 e. The SMILES string of the molecule is COc1cnc2cccc(C(O)CN3CCC(NCc4ccc5nsnc5c4)C(F)C3)c2c1. The number of methoxy groups -OCH3 is 1. The highest BCUT2D eigenvalue weighted by Gasteiger charge is 2.30. The van der Waals surface area contributed by atoms with Gasteiger partial charge in [-0.15, -0.1) is 0 Å². The average molecular weight is 468 g/mol. The van der Waals surface area contributed by atoms with Gasteiger partial charge in [0, 0.05) is 31.1 Å². The summed E-state index contributed by atoms with van der Waals surface area (Å²) in [5.41, 5.74) is 4.41. The molecule has 3 atom stereocenters. The number of β-amino-alcohol motifs (C(OH)–C–C–N with tert-alkyl or cyclic N) is 1. The number of aromatic nitrogens is 3. The molecule has 3 heterocycles. The lowest BCUT2D eigenvalue weighted by molar-refractivity contribution is 0.0571. The Balaban J connectivity index is 1.19. The van der Waals surface area contributed by atoms with Gasteiger partial charge in [0.1, 0.15) is 23.0 Å². The molecule has 1 fully saturated rings. The van der Waals surface area contributed by atoms with Crippen LogP contribution in [0.3, 0.4) is 0 Å². The zero-order chi connectivity index (χ0) is 22.8. The van der Waals surface area contributed by atoms with E-state index in [1.165, 1.54) is 11.7 Å². The van der Waals surface area contributed by atoms with Crippen molar-refractivity contribution >= 4 is 33.7 Å². The predicted octanol–water partition coefficient (Wildman–Crippen LogP) is 3.48. The molecule has 5 rings (SSSR count). The molecule has 2 aromatic carbocycles. The second-order valence-corrected chi connectivity index (χ2v) is 8.97. The minimum absolute atomic E-state index is 0.214. The molecule has 2 N–H and O–H groups in total. The molecule has 0 saturated carbocycles. The summed E-state index contributed by atoms with van der Waals surface area (Å²) < 4.78 is 28.7. The Morgan fingerprint density at radius 1 is 1.21 bits per heavy atom. The first-order valence-corrected chi connectivity index (χ1v) is 11.8. The number of piperidine rings is 1. The Morgan fingerprint density at radius 2 is 2.09 bits per heavy atom. The Labute approximate surface area is 195 Å². The highest BCUT2D eigenvalue weighted by Crippen LogP contribution is 2.28. The number of nitrogens with zero attached hydrogens (tertiary/aromatic N) is 4. The Morgan fingerprint density at radius 3 is 2.94 bits per heavy atom. The summed E-state index contributed by atoms with van der Waals surface area (Å²) in [7, 11) is 1.59. The number of rotatable bonds is 7. The van der Waals surface area contributed by atoms with Gasteiger partial charge in [-0.05, 0) is 48.4 Å². The smallest absolute Gasteiger partial charge is 0.137 e. The number of fused-ring (bicyclic) bond motifs is 2. The van der Waals surface area contributed by atoms with E-state index in [1.807, 2.05) is 47.4 Å². The van der Waals surface area contributed by atoms with Crippen LogP contribution in [0.1, 0.15) is 23.7 Å². The van der Waals surface area contributed by atoms with Crippen LogP contribution in [0.15, 0.2) is 48.7 Å². The quantitative estimate of drug-likeness (QED) is 0.431. The third-order valence-electron chi connectivity index (χ3n) is 6.27. The van der Waals surface area contributed by atoms with Gasteiger partial charge in [-0.3, -0.25) is 9.88 Å². The average Bonchev–Trinajstić information content (AvgIpc) is 3.30. The molecule has 1 saturated heterocycles. The summed E-state index contributed by atoms with van der Waals surface area (Å²) in [4.78, 5) is 6.39. The summed E-state index contributed by atoms with van der Waals surface area (Å²) in [6.45, 7) is 1.97. The predicted molar refractivity (Wildman–Crippen MR) is 127 cm³/mol. The number of benzene rings is 2. The molecule has 1 aliphatic heterocycles. The van der Waals surface area contributed by atoms with E-state index < -0.39 is 12.3 Å². The number of halogens is 1. The van der Waals surface area contributed by atoms with Crippen molar-refractivity contribution in [2.75, 3.05) is 26.7 Å². The first-order chi connectivity index (χ1) is 16.1. The number of aliphatic hydroxyl groups is 1. The number of alkyl halides is 1. The highest BCUT2D eigenvalue weighted by atomic mass is 32.1.